The van der Waals surface area contributed by atoms with Gasteiger partial charge in [-0.2, -0.15) is 0 Å². The minimum absolute atomic E-state index is 0. The number of benzene rings is 1. The van der Waals surface area contributed by atoms with Crippen LogP contribution in [-0.2, 0) is 16.0 Å². The van der Waals surface area contributed by atoms with Crippen molar-refractivity contribution < 1.29 is 14.2 Å². The van der Waals surface area contributed by atoms with E-state index in [0.717, 1.165) is 63.1 Å². The summed E-state index contributed by atoms with van der Waals surface area (Å²) >= 11 is 0. The number of hydrogen-bond donors (Lipinski definition) is 2. The third kappa shape index (κ3) is 7.92. The average Bonchev–Trinajstić information content (AvgIpc) is 3.21. The maximum atomic E-state index is 6.13. The van der Waals surface area contributed by atoms with Crippen LogP contribution in [0.4, 0.5) is 0 Å². The molecule has 2 heterocycles. The number of morpholine rings is 1. The molecule has 2 N–H and O–H groups in total. The average molecular weight is 518 g/mol. The van der Waals surface area contributed by atoms with Gasteiger partial charge in [0.05, 0.1) is 25.9 Å². The van der Waals surface area contributed by atoms with Crippen molar-refractivity contribution in [2.75, 3.05) is 60.2 Å². The van der Waals surface area contributed by atoms with Gasteiger partial charge in [-0.25, -0.2) is 0 Å². The second-order valence-electron chi connectivity index (χ2n) is 7.71. The highest BCUT2D eigenvalue weighted by Gasteiger charge is 2.19. The van der Waals surface area contributed by atoms with Crippen molar-refractivity contribution in [2.24, 2.45) is 10.9 Å². The van der Waals surface area contributed by atoms with Crippen LogP contribution in [0.3, 0.4) is 0 Å². The summed E-state index contributed by atoms with van der Waals surface area (Å²) in [6.45, 7) is 8.54. The van der Waals surface area contributed by atoms with E-state index in [2.05, 4.69) is 52.7 Å². The number of nitrogens with one attached hydrogen (secondary N) is 2. The van der Waals surface area contributed by atoms with Crippen molar-refractivity contribution in [1.29, 1.82) is 0 Å². The zero-order valence-electron chi connectivity index (χ0n) is 17.8. The lowest BCUT2D eigenvalue weighted by Gasteiger charge is -2.30. The molecule has 2 unspecified atom stereocenters. The fourth-order valence-electron chi connectivity index (χ4n) is 3.46. The molecule has 0 radical (unpaired) electrons. The van der Waals surface area contributed by atoms with E-state index in [0.29, 0.717) is 19.1 Å². The van der Waals surface area contributed by atoms with Crippen LogP contribution in [-0.4, -0.2) is 77.1 Å². The predicted molar refractivity (Wildman–Crippen MR) is 126 cm³/mol. The van der Waals surface area contributed by atoms with Crippen LogP contribution < -0.4 is 15.4 Å². The van der Waals surface area contributed by atoms with E-state index in [-0.39, 0.29) is 30.1 Å². The van der Waals surface area contributed by atoms with Gasteiger partial charge in [0.15, 0.2) is 5.96 Å². The van der Waals surface area contributed by atoms with Gasteiger partial charge >= 0.3 is 0 Å². The van der Waals surface area contributed by atoms with Crippen molar-refractivity contribution in [3.63, 3.8) is 0 Å². The molecule has 2 saturated heterocycles. The summed E-state index contributed by atoms with van der Waals surface area (Å²) in [4.78, 5) is 6.62. The Morgan fingerprint density at radius 2 is 2.17 bits per heavy atom. The molecule has 0 saturated carbocycles. The van der Waals surface area contributed by atoms with E-state index in [1.165, 1.54) is 5.56 Å². The van der Waals surface area contributed by atoms with E-state index in [4.69, 9.17) is 14.2 Å². The first-order valence-electron chi connectivity index (χ1n) is 10.2. The third-order valence-electron chi connectivity index (χ3n) is 5.23. The van der Waals surface area contributed by atoms with Crippen LogP contribution in [0.2, 0.25) is 0 Å². The largest absolute Gasteiger partial charge is 0.493 e. The molecule has 2 fully saturated rings. The fourth-order valence-corrected chi connectivity index (χ4v) is 3.46. The van der Waals surface area contributed by atoms with Crippen molar-refractivity contribution in [3.8, 4) is 5.75 Å². The summed E-state index contributed by atoms with van der Waals surface area (Å²) in [6, 6.07) is 6.34. The van der Waals surface area contributed by atoms with Gasteiger partial charge in [0.2, 0.25) is 0 Å². The number of halogens is 1. The molecule has 1 aromatic rings. The minimum Gasteiger partial charge on any atom is -0.493 e. The monoisotopic (exact) mass is 518 g/mol. The zero-order chi connectivity index (χ0) is 19.8. The normalized spacial score (nSPS) is 22.8. The van der Waals surface area contributed by atoms with Gasteiger partial charge < -0.3 is 29.7 Å². The summed E-state index contributed by atoms with van der Waals surface area (Å²) in [5.41, 5.74) is 2.32. The minimum atomic E-state index is 0. The van der Waals surface area contributed by atoms with Crippen LogP contribution in [0.5, 0.6) is 5.75 Å². The van der Waals surface area contributed by atoms with Crippen molar-refractivity contribution in [2.45, 2.75) is 26.0 Å². The molecule has 29 heavy (non-hydrogen) atoms. The van der Waals surface area contributed by atoms with Crippen LogP contribution in [0.1, 0.15) is 17.5 Å². The lowest BCUT2D eigenvalue weighted by atomic mass is 10.1. The van der Waals surface area contributed by atoms with Crippen molar-refractivity contribution in [1.82, 2.24) is 15.5 Å². The van der Waals surface area contributed by atoms with Gasteiger partial charge in [0.1, 0.15) is 5.75 Å². The molecule has 8 heteroatoms. The molecule has 2 aliphatic rings. The Balaban J connectivity index is 0.00000300. The maximum Gasteiger partial charge on any atom is 0.191 e. The van der Waals surface area contributed by atoms with Crippen LogP contribution in [0.15, 0.2) is 23.2 Å². The number of aryl methyl sites for hydroxylation is 1. The van der Waals surface area contributed by atoms with E-state index in [1.54, 1.807) is 7.05 Å². The van der Waals surface area contributed by atoms with E-state index in [1.807, 2.05) is 0 Å². The second-order valence-corrected chi connectivity index (χ2v) is 7.71. The van der Waals surface area contributed by atoms with Crippen molar-refractivity contribution in [3.05, 3.63) is 29.3 Å². The second kappa shape index (κ2) is 12.6. The smallest absolute Gasteiger partial charge is 0.191 e. The van der Waals surface area contributed by atoms with Crippen LogP contribution >= 0.6 is 24.0 Å². The molecule has 2 aliphatic heterocycles. The van der Waals surface area contributed by atoms with Gasteiger partial charge in [0.25, 0.3) is 0 Å². The first-order chi connectivity index (χ1) is 13.6. The van der Waals surface area contributed by atoms with Crippen molar-refractivity contribution >= 4 is 29.9 Å². The van der Waals surface area contributed by atoms with E-state index in [9.17, 15) is 0 Å². The lowest BCUT2D eigenvalue weighted by Crippen LogP contribution is -2.48. The summed E-state index contributed by atoms with van der Waals surface area (Å²) < 4.78 is 17.4. The number of rotatable bonds is 7. The number of hydrogen-bond acceptors (Lipinski definition) is 5. The highest BCUT2D eigenvalue weighted by molar-refractivity contribution is 14.0. The number of ether oxygens (including phenoxy) is 3. The third-order valence-corrected chi connectivity index (χ3v) is 5.23. The van der Waals surface area contributed by atoms with Gasteiger partial charge in [-0.15, -0.1) is 24.0 Å². The highest BCUT2D eigenvalue weighted by Crippen LogP contribution is 2.22. The molecule has 0 amide bonds. The van der Waals surface area contributed by atoms with Gasteiger partial charge in [-0.3, -0.25) is 4.99 Å². The Kier molecular flexibility index (Phi) is 10.5. The first kappa shape index (κ1) is 24.2. The number of nitrogens with zero attached hydrogens (tertiary/aromatic N) is 2. The molecular formula is C21H35IN4O3. The Labute approximate surface area is 191 Å². The molecule has 2 atom stereocenters. The fraction of sp³-hybridized carbons (Fsp3) is 0.667. The standard InChI is InChI=1S/C21H34N4O3.HI/c1-16-4-5-18(20(10-16)28-15-17-6-8-26-14-17)11-23-21(22-2)24-12-19-13-25(3)7-9-27-19;/h4-5,10,17,19H,6-9,11-15H2,1-3H3,(H2,22,23,24);1H. The van der Waals surface area contributed by atoms with Gasteiger partial charge in [-0.05, 0) is 32.0 Å². The Morgan fingerprint density at radius 3 is 2.90 bits per heavy atom. The summed E-state index contributed by atoms with van der Waals surface area (Å²) in [5.74, 6) is 2.20. The molecule has 3 rings (SSSR count). The number of guanidine groups is 1. The lowest BCUT2D eigenvalue weighted by molar-refractivity contribution is -0.0161. The predicted octanol–water partition coefficient (Wildman–Crippen LogP) is 2.02. The SMILES string of the molecule is CN=C(NCc1ccc(C)cc1OCC1CCOC1)NCC1CN(C)CCO1.I. The first-order valence-corrected chi connectivity index (χ1v) is 10.2. The number of likely N-dealkylation sites (N-methyl/N-ethyl adjacent to an activating group) is 1. The summed E-state index contributed by atoms with van der Waals surface area (Å²) in [5, 5.41) is 6.76. The molecular weight excluding hydrogens is 483 g/mol. The summed E-state index contributed by atoms with van der Waals surface area (Å²) in [6.07, 6.45) is 1.26. The quantitative estimate of drug-likeness (QED) is 0.327. The molecule has 7 nitrogen and oxygen atoms in total. The topological polar surface area (TPSA) is 67.4 Å². The molecule has 0 aliphatic carbocycles. The van der Waals surface area contributed by atoms with Crippen LogP contribution in [0.25, 0.3) is 0 Å². The van der Waals surface area contributed by atoms with E-state index >= 15 is 0 Å². The highest BCUT2D eigenvalue weighted by atomic mass is 127. The molecule has 1 aromatic carbocycles. The molecule has 164 valence electrons. The van der Waals surface area contributed by atoms with Gasteiger partial charge in [-0.1, -0.05) is 12.1 Å². The summed E-state index contributed by atoms with van der Waals surface area (Å²) in [7, 11) is 3.91. The molecule has 0 bridgehead atoms. The Hall–Kier alpha value is -1.10. The Morgan fingerprint density at radius 1 is 1.31 bits per heavy atom. The maximum absolute atomic E-state index is 6.13. The molecule has 0 aromatic heterocycles. The Bertz CT molecular complexity index is 653. The zero-order valence-corrected chi connectivity index (χ0v) is 20.1. The van der Waals surface area contributed by atoms with Crippen LogP contribution in [0, 0.1) is 12.8 Å². The molecule has 0 spiro atoms. The number of aliphatic imine (C=N–C) groups is 1. The van der Waals surface area contributed by atoms with Gasteiger partial charge in [0, 0.05) is 51.3 Å². The van der Waals surface area contributed by atoms with E-state index < -0.39 is 0 Å².